The standard InChI is InChI=1S/C26H19N3O3S.Na/c1-15-3-8-20(11-16(15)2)25(30)21(12-17-4-6-18(14-27)7-5-17)24(26(31)32)19-9-10-22-23(13-19)29-33-28-22;/h3-11,13H,12H2,1-2H3,(H,31,32);/q;+1/p-1/b24-21+;. The molecule has 4 rings (SSSR count). The summed E-state index contributed by atoms with van der Waals surface area (Å²) in [6.07, 6.45) is 0.0636. The van der Waals surface area contributed by atoms with Gasteiger partial charge in [-0.25, -0.2) is 0 Å². The maximum absolute atomic E-state index is 13.6. The van der Waals surface area contributed by atoms with E-state index in [1.807, 2.05) is 19.9 Å². The number of nitriles is 1. The summed E-state index contributed by atoms with van der Waals surface area (Å²) in [7, 11) is 0. The number of Topliss-reactive ketones (excluding diaryl/α,β-unsaturated/α-hetero) is 1. The van der Waals surface area contributed by atoms with Crippen molar-refractivity contribution in [1.29, 1.82) is 5.26 Å². The van der Waals surface area contributed by atoms with Crippen LogP contribution in [0.1, 0.15) is 38.2 Å². The van der Waals surface area contributed by atoms with Crippen LogP contribution in [-0.4, -0.2) is 20.5 Å². The van der Waals surface area contributed by atoms with E-state index in [1.165, 1.54) is 0 Å². The molecule has 3 aromatic carbocycles. The van der Waals surface area contributed by atoms with Crippen molar-refractivity contribution in [2.75, 3.05) is 0 Å². The van der Waals surface area contributed by atoms with Crippen molar-refractivity contribution in [3.8, 4) is 6.07 Å². The van der Waals surface area contributed by atoms with Gasteiger partial charge in [0.2, 0.25) is 0 Å². The first-order valence-corrected chi connectivity index (χ1v) is 10.9. The van der Waals surface area contributed by atoms with Crippen molar-refractivity contribution in [3.63, 3.8) is 0 Å². The largest absolute Gasteiger partial charge is 1.00 e. The summed E-state index contributed by atoms with van der Waals surface area (Å²) in [4.78, 5) is 26.0. The van der Waals surface area contributed by atoms with Crippen molar-refractivity contribution in [2.45, 2.75) is 20.3 Å². The zero-order valence-corrected chi connectivity index (χ0v) is 21.8. The van der Waals surface area contributed by atoms with E-state index in [1.54, 1.807) is 54.6 Å². The normalized spacial score (nSPS) is 11.3. The topological polar surface area (TPSA) is 107 Å². The summed E-state index contributed by atoms with van der Waals surface area (Å²) in [6.45, 7) is 3.85. The Morgan fingerprint density at radius 1 is 0.912 bits per heavy atom. The smallest absolute Gasteiger partial charge is 0.545 e. The van der Waals surface area contributed by atoms with Crippen molar-refractivity contribution < 1.29 is 44.3 Å². The minimum absolute atomic E-state index is 0. The molecular weight excluding hydrogens is 457 g/mol. The van der Waals surface area contributed by atoms with Gasteiger partial charge in [-0.15, -0.1) is 0 Å². The molecule has 0 radical (unpaired) electrons. The predicted octanol–water partition coefficient (Wildman–Crippen LogP) is 0.813. The zero-order chi connectivity index (χ0) is 23.5. The van der Waals surface area contributed by atoms with Crippen LogP contribution in [0, 0.1) is 25.2 Å². The summed E-state index contributed by atoms with van der Waals surface area (Å²) in [5.74, 6) is -1.84. The van der Waals surface area contributed by atoms with Crippen molar-refractivity contribution >= 4 is 40.1 Å². The van der Waals surface area contributed by atoms with Gasteiger partial charge in [-0.1, -0.05) is 30.3 Å². The Labute approximate surface area is 223 Å². The number of carbonyl (C=O) groups is 2. The number of carbonyl (C=O) groups excluding carboxylic acids is 2. The minimum atomic E-state index is -1.45. The molecule has 34 heavy (non-hydrogen) atoms. The molecule has 162 valence electrons. The van der Waals surface area contributed by atoms with Gasteiger partial charge in [0.1, 0.15) is 11.0 Å². The molecule has 0 unspecified atom stereocenters. The number of hydrogen-bond donors (Lipinski definition) is 0. The molecule has 1 heterocycles. The first kappa shape index (κ1) is 25.5. The second-order valence-corrected chi connectivity index (χ2v) is 8.25. The molecule has 0 saturated heterocycles. The fourth-order valence-corrected chi connectivity index (χ4v) is 4.11. The van der Waals surface area contributed by atoms with Crippen molar-refractivity contribution in [1.82, 2.24) is 8.75 Å². The van der Waals surface area contributed by atoms with Crippen LogP contribution >= 0.6 is 11.7 Å². The number of allylic oxidation sites excluding steroid dienone is 1. The number of aliphatic carboxylic acids is 1. The van der Waals surface area contributed by atoms with E-state index >= 15 is 0 Å². The Morgan fingerprint density at radius 2 is 1.59 bits per heavy atom. The third-order valence-corrected chi connectivity index (χ3v) is 6.11. The Kier molecular flexibility index (Phi) is 8.13. The Balaban J connectivity index is 0.00000324. The van der Waals surface area contributed by atoms with Crippen molar-refractivity contribution in [2.24, 2.45) is 0 Å². The van der Waals surface area contributed by atoms with Crippen LogP contribution in [0.4, 0.5) is 0 Å². The molecule has 1 aromatic heterocycles. The number of aryl methyl sites for hydroxylation is 2. The van der Waals surface area contributed by atoms with E-state index in [9.17, 15) is 14.7 Å². The van der Waals surface area contributed by atoms with Gasteiger partial charge in [-0.2, -0.15) is 14.0 Å². The van der Waals surface area contributed by atoms with Gasteiger partial charge in [-0.05, 0) is 66.4 Å². The Morgan fingerprint density at radius 3 is 2.24 bits per heavy atom. The number of nitrogens with zero attached hydrogens (tertiary/aromatic N) is 3. The molecule has 0 spiro atoms. The molecule has 6 nitrogen and oxygen atoms in total. The van der Waals surface area contributed by atoms with Crippen LogP contribution in [-0.2, 0) is 11.2 Å². The first-order valence-electron chi connectivity index (χ1n) is 10.2. The maximum atomic E-state index is 13.6. The third kappa shape index (κ3) is 5.32. The molecule has 0 bridgehead atoms. The Bertz CT molecular complexity index is 1470. The van der Waals surface area contributed by atoms with Gasteiger partial charge < -0.3 is 9.90 Å². The molecular formula is C26H18N3NaO3S. The number of fused-ring (bicyclic) bond motifs is 1. The van der Waals surface area contributed by atoms with Crippen LogP contribution in [0.5, 0.6) is 0 Å². The van der Waals surface area contributed by atoms with Crippen LogP contribution in [0.15, 0.2) is 66.2 Å². The van der Waals surface area contributed by atoms with Gasteiger partial charge >= 0.3 is 29.6 Å². The maximum Gasteiger partial charge on any atom is 1.00 e. The average Bonchev–Trinajstić information content (AvgIpc) is 3.28. The SMILES string of the molecule is Cc1ccc(C(=O)/C(Cc2ccc(C#N)cc2)=C(/C(=O)[O-])c2ccc3nsnc3c2)cc1C.[Na+]. The number of ketones is 1. The van der Waals surface area contributed by atoms with E-state index in [0.29, 0.717) is 33.3 Å². The van der Waals surface area contributed by atoms with E-state index < -0.39 is 11.8 Å². The number of aromatic nitrogens is 2. The first-order chi connectivity index (χ1) is 15.9. The Hall–Kier alpha value is -3.15. The van der Waals surface area contributed by atoms with E-state index in [4.69, 9.17) is 5.26 Å². The predicted molar refractivity (Wildman–Crippen MR) is 124 cm³/mol. The van der Waals surface area contributed by atoms with Crippen LogP contribution in [0.3, 0.4) is 0 Å². The second-order valence-electron chi connectivity index (χ2n) is 7.72. The number of hydrogen-bond acceptors (Lipinski definition) is 7. The third-order valence-electron chi connectivity index (χ3n) is 5.56. The summed E-state index contributed by atoms with van der Waals surface area (Å²) in [5, 5.41) is 21.4. The molecule has 0 saturated carbocycles. The van der Waals surface area contributed by atoms with Gasteiger partial charge in [0.05, 0.1) is 29.3 Å². The molecule has 0 aliphatic carbocycles. The van der Waals surface area contributed by atoms with Gasteiger partial charge in [-0.3, -0.25) is 4.79 Å². The number of carboxylic acid groups (broad SMARTS) is 1. The van der Waals surface area contributed by atoms with E-state index in [2.05, 4.69) is 14.8 Å². The van der Waals surface area contributed by atoms with Gasteiger partial charge in [0.25, 0.3) is 0 Å². The molecule has 0 aliphatic heterocycles. The molecule has 0 fully saturated rings. The molecule has 0 atom stereocenters. The molecule has 4 aromatic rings. The average molecular weight is 476 g/mol. The van der Waals surface area contributed by atoms with Gasteiger partial charge in [0, 0.05) is 23.1 Å². The van der Waals surface area contributed by atoms with Crippen LogP contribution in [0.25, 0.3) is 16.6 Å². The van der Waals surface area contributed by atoms with Crippen molar-refractivity contribution in [3.05, 3.63) is 99.6 Å². The zero-order valence-electron chi connectivity index (χ0n) is 19.0. The molecule has 8 heteroatoms. The number of benzene rings is 3. The summed E-state index contributed by atoms with van der Waals surface area (Å²) in [6, 6.07) is 19.0. The molecule has 0 aliphatic rings. The van der Waals surface area contributed by atoms with Crippen LogP contribution in [0.2, 0.25) is 0 Å². The summed E-state index contributed by atoms with van der Waals surface area (Å²) in [5.41, 5.74) is 5.00. The molecule has 0 N–H and O–H groups in total. The number of carboxylic acids is 1. The summed E-state index contributed by atoms with van der Waals surface area (Å²) < 4.78 is 8.34. The summed E-state index contributed by atoms with van der Waals surface area (Å²) >= 11 is 1.03. The van der Waals surface area contributed by atoms with E-state index in [0.717, 1.165) is 22.9 Å². The monoisotopic (exact) mass is 475 g/mol. The minimum Gasteiger partial charge on any atom is -0.545 e. The second kappa shape index (κ2) is 10.9. The fraction of sp³-hybridized carbons (Fsp3) is 0.115. The quantitative estimate of drug-likeness (QED) is 0.232. The van der Waals surface area contributed by atoms with Crippen LogP contribution < -0.4 is 34.7 Å². The number of rotatable bonds is 6. The van der Waals surface area contributed by atoms with Gasteiger partial charge in [0.15, 0.2) is 5.78 Å². The fourth-order valence-electron chi connectivity index (χ4n) is 3.59. The molecule has 0 amide bonds. The van der Waals surface area contributed by atoms with E-state index in [-0.39, 0.29) is 47.1 Å².